The van der Waals surface area contributed by atoms with E-state index in [0.29, 0.717) is 26.1 Å². The summed E-state index contributed by atoms with van der Waals surface area (Å²) >= 11 is 19.1. The van der Waals surface area contributed by atoms with Gasteiger partial charge in [0.1, 0.15) is 60.5 Å². The van der Waals surface area contributed by atoms with Crippen LogP contribution in [0.1, 0.15) is 221 Å². The molecule has 738 valence electrons. The van der Waals surface area contributed by atoms with Gasteiger partial charge in [-0.15, -0.1) is 0 Å². The molecule has 7 aliphatic rings. The van der Waals surface area contributed by atoms with E-state index < -0.39 is 195 Å². The third-order valence-corrected chi connectivity index (χ3v) is 48.1. The van der Waals surface area contributed by atoms with E-state index in [1.807, 2.05) is 112 Å². The van der Waals surface area contributed by atoms with Crippen molar-refractivity contribution in [3.8, 4) is 0 Å². The van der Waals surface area contributed by atoms with Gasteiger partial charge in [-0.25, -0.2) is 0 Å². The van der Waals surface area contributed by atoms with Gasteiger partial charge in [0.15, 0.2) is 70.5 Å². The minimum atomic E-state index is -2.71. The van der Waals surface area contributed by atoms with Crippen LogP contribution < -0.4 is 0 Å². The van der Waals surface area contributed by atoms with Crippen LogP contribution in [0.2, 0.25) is 72.5 Å². The van der Waals surface area contributed by atoms with Gasteiger partial charge in [-0.1, -0.05) is 270 Å². The van der Waals surface area contributed by atoms with Gasteiger partial charge in [-0.2, -0.15) is 0 Å². The van der Waals surface area contributed by atoms with Gasteiger partial charge < -0.3 is 103 Å². The number of esters is 2. The number of hydrogen-bond acceptors (Lipinski definition) is 25. The normalized spacial score (nSPS) is 32.1. The van der Waals surface area contributed by atoms with Crippen LogP contribution in [0.4, 0.5) is 0 Å². The van der Waals surface area contributed by atoms with Gasteiger partial charge in [-0.05, 0) is 130 Å². The molecule has 130 heavy (non-hydrogen) atoms. The Morgan fingerprint density at radius 2 is 1.02 bits per heavy atom. The SMILES string of the molecule is CC[C@H](C)[C@H](C[C@@H](CC(=O)O[C@H]1C(C)O[C@H](OC(=N)C(Cl)(Cl)Cl)C(O[C@@H]2OC(C)[C@H](O[C@@H]3OC[C@@H](OCc4ccccc4)C(O[C@@H]4OCC5(COCc6ccccc6)O[C@@H](c6ccccc6)O[C@H]45)C3C)C3OC(C)(C)OC32)C1C)O[Si](C)(C)C(C)(C)C)OC(=O)C[C@H](C[C@H](O[C@@H]1O[C@H](CO[Si](C)(C)C(C)(C)C)C(O[Si](C)(C)C(C)(C)C)C1C)[C@@H](C)CC)O[Si](C)(C)C(C)(C)C. The lowest BCUT2D eigenvalue weighted by molar-refractivity contribution is -0.357. The number of alkyl halides is 3. The molecule has 0 bridgehead atoms. The van der Waals surface area contributed by atoms with Crippen molar-refractivity contribution in [2.24, 2.45) is 29.6 Å². The van der Waals surface area contributed by atoms with Crippen LogP contribution in [0.5, 0.6) is 0 Å². The molecular formula is C98H160Cl3NO24Si4. The van der Waals surface area contributed by atoms with Gasteiger partial charge in [0, 0.05) is 29.7 Å². The highest BCUT2D eigenvalue weighted by Crippen LogP contribution is 2.51. The second-order valence-electron chi connectivity index (χ2n) is 44.3. The maximum Gasteiger partial charge on any atom is 0.308 e. The molecule has 0 aromatic heterocycles. The third kappa shape index (κ3) is 27.6. The van der Waals surface area contributed by atoms with E-state index in [4.69, 9.17) is 143 Å². The highest BCUT2D eigenvalue weighted by molar-refractivity contribution is 6.76. The van der Waals surface area contributed by atoms with Crippen LogP contribution in [0.15, 0.2) is 91.0 Å². The van der Waals surface area contributed by atoms with Crippen LogP contribution in [-0.2, 0) is 126 Å². The third-order valence-electron chi connectivity index (χ3n) is 29.5. The molecule has 7 aliphatic heterocycles. The first-order chi connectivity index (χ1) is 60.3. The summed E-state index contributed by atoms with van der Waals surface area (Å²) < 4.78 is 149. The molecule has 25 nitrogen and oxygen atoms in total. The van der Waals surface area contributed by atoms with Crippen molar-refractivity contribution in [1.29, 1.82) is 5.41 Å². The molecule has 1 N–H and O–H groups in total. The van der Waals surface area contributed by atoms with Crippen molar-refractivity contribution in [3.05, 3.63) is 108 Å². The molecular weight excluding hydrogens is 1790 g/mol. The van der Waals surface area contributed by atoms with Crippen LogP contribution in [-0.4, -0.2) is 222 Å². The molecule has 3 aromatic carbocycles. The molecule has 0 aliphatic carbocycles. The first-order valence-electron chi connectivity index (χ1n) is 47.5. The van der Waals surface area contributed by atoms with E-state index >= 15 is 9.59 Å². The molecule has 0 amide bonds. The summed E-state index contributed by atoms with van der Waals surface area (Å²) in [4.78, 5) is 30.6. The van der Waals surface area contributed by atoms with E-state index in [2.05, 4.69) is 170 Å². The zero-order valence-electron chi connectivity index (χ0n) is 83.7. The Balaban J connectivity index is 0.865. The van der Waals surface area contributed by atoms with Crippen LogP contribution in [0.3, 0.4) is 0 Å². The minimum absolute atomic E-state index is 0.0109. The highest BCUT2D eigenvalue weighted by Gasteiger charge is 2.64. The summed E-state index contributed by atoms with van der Waals surface area (Å²) in [5, 5.41) is 8.31. The Morgan fingerprint density at radius 1 is 0.523 bits per heavy atom. The van der Waals surface area contributed by atoms with Crippen molar-refractivity contribution in [1.82, 2.24) is 0 Å². The molecule has 3 aromatic rings. The lowest BCUT2D eigenvalue weighted by Gasteiger charge is -2.48. The fourth-order valence-corrected chi connectivity index (χ4v) is 22.0. The maximum atomic E-state index is 15.3. The average molecular weight is 1960 g/mol. The minimum Gasteiger partial charge on any atom is -0.462 e. The Morgan fingerprint density at radius 3 is 1.58 bits per heavy atom. The lowest BCUT2D eigenvalue weighted by atomic mass is 9.90. The van der Waals surface area contributed by atoms with E-state index in [-0.39, 0.29) is 102 Å². The first-order valence-corrected chi connectivity index (χ1v) is 60.3. The molecule has 0 spiro atoms. The van der Waals surface area contributed by atoms with Gasteiger partial charge in [0.2, 0.25) is 12.2 Å². The number of hydrogen-bond donors (Lipinski definition) is 1. The molecule has 7 heterocycles. The molecule has 0 saturated carbocycles. The largest absolute Gasteiger partial charge is 0.462 e. The second-order valence-corrected chi connectivity index (χ2v) is 65.6. The molecule has 7 fully saturated rings. The summed E-state index contributed by atoms with van der Waals surface area (Å²) in [5.74, 6) is -4.59. The summed E-state index contributed by atoms with van der Waals surface area (Å²) in [6.45, 7) is 67.3. The van der Waals surface area contributed by atoms with E-state index in [9.17, 15) is 0 Å². The number of benzene rings is 3. The van der Waals surface area contributed by atoms with Crippen molar-refractivity contribution in [2.45, 2.75) is 434 Å². The zero-order valence-corrected chi connectivity index (χ0v) is 89.9. The van der Waals surface area contributed by atoms with Gasteiger partial charge in [-0.3, -0.25) is 15.0 Å². The molecule has 10 rings (SSSR count). The standard InChI is InChI=1S/C98H160Cl3NO24Si4/c1-32-59(3)71(112-75(103)51-70(125-129(28,29)94(16,17)18)50-72(60(4)33-2)113-86-63(7)79(126-130(30,31)95(19,20)21)74(114-86)56-109-127(24,25)92(10,11)12)49-69(124-128(26,27)93(13,14)15)52-76(104)115-77-61(5)80(88(110-64(77)8)120-91(102)98(99,100)101)117-89-83-82(121-96(22,23)122-83)81(65(9)111-89)118-85-62(6)78(73(55-107-85)106-54-67-45-39-35-40-46-67)116-90-84-97(58-108-90,57-105-53-66-43-37-34-38-44-66)123-87(119-84)68-47-41-36-42-48-68/h34-48,59-65,69-74,77-90,102H,32-33,49-58H2,1-31H3/t59-,60-,61?,62?,63?,64?,65?,69-,70-,71-,72-,73+,74+,77+,78?,79?,80?,81-,82?,83?,84+,85-,86+,87-,88+,89-,90-,97?/m0/s1. The topological polar surface area (TPSA) is 261 Å². The number of nitrogens with one attached hydrogen (secondary N) is 1. The van der Waals surface area contributed by atoms with Gasteiger partial charge in [0.25, 0.3) is 3.79 Å². The summed E-state index contributed by atoms with van der Waals surface area (Å²) in [5.41, 5.74) is 1.77. The fourth-order valence-electron chi connectivity index (χ4n) is 16.8. The van der Waals surface area contributed by atoms with Crippen LogP contribution >= 0.6 is 34.8 Å². The molecule has 0 radical (unpaired) electrons. The fraction of sp³-hybridized carbons (Fsp3) is 0.786. The first kappa shape index (κ1) is 109. The van der Waals surface area contributed by atoms with Gasteiger partial charge in [0.05, 0.1) is 95.2 Å². The van der Waals surface area contributed by atoms with Crippen molar-refractivity contribution >= 4 is 85.9 Å². The highest BCUT2D eigenvalue weighted by atomic mass is 35.6. The van der Waals surface area contributed by atoms with E-state index in [1.54, 1.807) is 20.8 Å². The molecule has 11 unspecified atom stereocenters. The predicted molar refractivity (Wildman–Crippen MR) is 512 cm³/mol. The van der Waals surface area contributed by atoms with Crippen LogP contribution in [0, 0.1) is 35.0 Å². The zero-order chi connectivity index (χ0) is 96.2. The number of ether oxygens (including phenoxy) is 18. The van der Waals surface area contributed by atoms with E-state index in [0.717, 1.165) is 23.1 Å². The van der Waals surface area contributed by atoms with Crippen molar-refractivity contribution in [2.75, 3.05) is 26.4 Å². The Bertz CT molecular complexity index is 4060. The second kappa shape index (κ2) is 44.3. The number of fused-ring (bicyclic) bond motifs is 2. The van der Waals surface area contributed by atoms with Crippen molar-refractivity contribution in [3.63, 3.8) is 0 Å². The Kier molecular flexibility index (Phi) is 37.1. The number of carbonyl (C=O) groups excluding carboxylic acids is 2. The number of halogens is 3. The maximum absolute atomic E-state index is 15.3. The Labute approximate surface area is 796 Å². The van der Waals surface area contributed by atoms with Crippen LogP contribution in [0.25, 0.3) is 0 Å². The number of rotatable bonds is 40. The Hall–Kier alpha value is -2.95. The quantitative estimate of drug-likeness (QED) is 0.0182. The summed E-state index contributed by atoms with van der Waals surface area (Å²) in [7, 11) is -9.81. The van der Waals surface area contributed by atoms with Crippen molar-refractivity contribution < 1.29 is 113 Å². The average Bonchev–Trinajstić information content (AvgIpc) is 1.57. The smallest absolute Gasteiger partial charge is 0.308 e. The van der Waals surface area contributed by atoms with Gasteiger partial charge >= 0.3 is 11.9 Å². The van der Waals surface area contributed by atoms with E-state index in [1.165, 1.54) is 0 Å². The molecule has 28 atom stereocenters. The molecule has 32 heteroatoms. The predicted octanol–water partition coefficient (Wildman–Crippen LogP) is 21.6. The number of carbonyl (C=O) groups is 2. The summed E-state index contributed by atoms with van der Waals surface area (Å²) in [6, 6.07) is 29.6. The monoisotopic (exact) mass is 1950 g/mol. The summed E-state index contributed by atoms with van der Waals surface area (Å²) in [6.07, 6.45) is -16.0. The lowest BCUT2D eigenvalue weighted by Crippen LogP contribution is -2.63. The molecule has 7 saturated heterocycles.